The summed E-state index contributed by atoms with van der Waals surface area (Å²) in [6, 6.07) is 41.2. The zero-order valence-electron chi connectivity index (χ0n) is 21.2. The lowest BCUT2D eigenvalue weighted by Gasteiger charge is -2.18. The Hall–Kier alpha value is -3.87. The van der Waals surface area contributed by atoms with Crippen molar-refractivity contribution < 1.29 is 0 Å². The summed E-state index contributed by atoms with van der Waals surface area (Å²) in [6.45, 7) is 5.03. The van der Waals surface area contributed by atoms with E-state index in [1.54, 1.807) is 0 Å². The first-order chi connectivity index (χ1) is 18.2. The second-order valence-corrected chi connectivity index (χ2v) is 11.8. The lowest BCUT2D eigenvalue weighted by Crippen LogP contribution is -2.17. The highest BCUT2D eigenvalue weighted by molar-refractivity contribution is 7.73. The van der Waals surface area contributed by atoms with Gasteiger partial charge < -0.3 is 0 Å². The average Bonchev–Trinajstić information content (AvgIpc) is 3.24. The van der Waals surface area contributed by atoms with Crippen LogP contribution in [-0.2, 0) is 0 Å². The van der Waals surface area contributed by atoms with Gasteiger partial charge in [0.05, 0.1) is 17.1 Å². The van der Waals surface area contributed by atoms with E-state index >= 15 is 0 Å². The number of hydrogen-bond acceptors (Lipinski definition) is 2. The van der Waals surface area contributed by atoms with E-state index in [1.807, 2.05) is 0 Å². The fourth-order valence-corrected chi connectivity index (χ4v) is 7.42. The van der Waals surface area contributed by atoms with Crippen LogP contribution in [0.5, 0.6) is 0 Å². The van der Waals surface area contributed by atoms with Gasteiger partial charge >= 0.3 is 0 Å². The Morgan fingerprint density at radius 1 is 0.568 bits per heavy atom. The van der Waals surface area contributed by atoms with Crippen molar-refractivity contribution in [3.05, 3.63) is 138 Å². The molecule has 37 heavy (non-hydrogen) atoms. The average molecular weight is 497 g/mol. The van der Waals surface area contributed by atoms with Gasteiger partial charge in [0.25, 0.3) is 0 Å². The van der Waals surface area contributed by atoms with E-state index < -0.39 is 7.92 Å². The molecule has 0 aliphatic heterocycles. The summed E-state index contributed by atoms with van der Waals surface area (Å²) < 4.78 is 0. The van der Waals surface area contributed by atoms with Gasteiger partial charge in [-0.3, -0.25) is 4.99 Å². The second kappa shape index (κ2) is 10.2. The molecule has 0 saturated heterocycles. The third kappa shape index (κ3) is 4.54. The third-order valence-electron chi connectivity index (χ3n) is 7.03. The SMILES string of the molecule is Cc1cccc(C)c1/N=C1/C(=N/CCP(c2ccccc2)c2ccccc2)c2cccc3cccc1c23. The Morgan fingerprint density at radius 3 is 1.70 bits per heavy atom. The van der Waals surface area contributed by atoms with Crippen LogP contribution in [0, 0.1) is 13.8 Å². The zero-order valence-corrected chi connectivity index (χ0v) is 22.1. The summed E-state index contributed by atoms with van der Waals surface area (Å²) >= 11 is 0. The number of aliphatic imine (C=N–C) groups is 2. The Morgan fingerprint density at radius 2 is 1.11 bits per heavy atom. The monoisotopic (exact) mass is 496 g/mol. The molecule has 5 aromatic rings. The third-order valence-corrected chi connectivity index (χ3v) is 9.52. The van der Waals surface area contributed by atoms with Gasteiger partial charge in [-0.1, -0.05) is 115 Å². The molecule has 0 fully saturated rings. The topological polar surface area (TPSA) is 24.7 Å². The minimum atomic E-state index is -0.494. The molecule has 2 nitrogen and oxygen atoms in total. The van der Waals surface area contributed by atoms with E-state index in [4.69, 9.17) is 9.98 Å². The summed E-state index contributed by atoms with van der Waals surface area (Å²) in [5.41, 5.74) is 7.81. The lowest BCUT2D eigenvalue weighted by atomic mass is 10.1. The summed E-state index contributed by atoms with van der Waals surface area (Å²) in [4.78, 5) is 10.6. The number of benzene rings is 5. The van der Waals surface area contributed by atoms with E-state index in [9.17, 15) is 0 Å². The lowest BCUT2D eigenvalue weighted by molar-refractivity contribution is 1.14. The largest absolute Gasteiger partial charge is 0.282 e. The highest BCUT2D eigenvalue weighted by Crippen LogP contribution is 2.36. The van der Waals surface area contributed by atoms with Gasteiger partial charge in [-0.2, -0.15) is 0 Å². The summed E-state index contributed by atoms with van der Waals surface area (Å²) in [5.74, 6) is 0. The molecule has 5 aromatic carbocycles. The molecule has 6 rings (SSSR count). The van der Waals surface area contributed by atoms with E-state index in [0.717, 1.165) is 29.8 Å². The Bertz CT molecular complexity index is 1570. The van der Waals surface area contributed by atoms with E-state index in [0.29, 0.717) is 0 Å². The van der Waals surface area contributed by atoms with Crippen molar-refractivity contribution in [1.29, 1.82) is 0 Å². The molecule has 0 radical (unpaired) electrons. The first-order valence-electron chi connectivity index (χ1n) is 12.8. The van der Waals surface area contributed by atoms with E-state index in [-0.39, 0.29) is 0 Å². The summed E-state index contributed by atoms with van der Waals surface area (Å²) in [5, 5.41) is 5.29. The normalized spacial score (nSPS) is 14.8. The van der Waals surface area contributed by atoms with Gasteiger partial charge in [0.15, 0.2) is 0 Å². The molecule has 0 amide bonds. The molecule has 0 spiro atoms. The first kappa shape index (κ1) is 23.5. The number of para-hydroxylation sites is 1. The van der Waals surface area contributed by atoms with E-state index in [2.05, 4.69) is 129 Å². The molecule has 0 atom stereocenters. The quantitative estimate of drug-likeness (QED) is 0.217. The van der Waals surface area contributed by atoms with Crippen LogP contribution in [0.15, 0.2) is 125 Å². The van der Waals surface area contributed by atoms with Gasteiger partial charge in [-0.25, -0.2) is 4.99 Å². The minimum Gasteiger partial charge on any atom is -0.282 e. The summed E-state index contributed by atoms with van der Waals surface area (Å²) in [7, 11) is -0.494. The Labute approximate surface area is 220 Å². The van der Waals surface area contributed by atoms with Crippen LogP contribution in [0.25, 0.3) is 10.8 Å². The molecule has 180 valence electrons. The van der Waals surface area contributed by atoms with Crippen LogP contribution in [-0.4, -0.2) is 24.1 Å². The maximum atomic E-state index is 5.29. The molecular formula is C34H29N2P. The van der Waals surface area contributed by atoms with Gasteiger partial charge in [0, 0.05) is 23.1 Å². The molecule has 0 saturated carbocycles. The molecule has 1 aliphatic carbocycles. The van der Waals surface area contributed by atoms with Crippen LogP contribution in [0.1, 0.15) is 22.3 Å². The zero-order chi connectivity index (χ0) is 25.2. The fourth-order valence-electron chi connectivity index (χ4n) is 5.24. The van der Waals surface area contributed by atoms with Crippen molar-refractivity contribution in [2.24, 2.45) is 9.98 Å². The standard InChI is InChI=1S/C34H29N2P/c1-24-12-9-13-25(2)32(24)36-34-30-21-11-15-26-14-10-20-29(31(26)30)33(34)35-22-23-37(27-16-5-3-6-17-27)28-18-7-4-8-19-28/h3-21H,22-23H2,1-2H3/b35-33+,36-34+. The molecule has 0 N–H and O–H groups in total. The molecular weight excluding hydrogens is 467 g/mol. The molecule has 0 aromatic heterocycles. The number of nitrogens with zero attached hydrogens (tertiary/aromatic N) is 2. The minimum absolute atomic E-state index is 0.494. The van der Waals surface area contributed by atoms with Crippen LogP contribution in [0.4, 0.5) is 5.69 Å². The van der Waals surface area contributed by atoms with Crippen LogP contribution in [0.3, 0.4) is 0 Å². The first-order valence-corrected chi connectivity index (χ1v) is 14.3. The number of hydrogen-bond donors (Lipinski definition) is 0. The van der Waals surface area contributed by atoms with Crippen molar-refractivity contribution in [1.82, 2.24) is 0 Å². The van der Waals surface area contributed by atoms with Crippen molar-refractivity contribution in [3.63, 3.8) is 0 Å². The van der Waals surface area contributed by atoms with Gasteiger partial charge in [-0.05, 0) is 55.1 Å². The summed E-state index contributed by atoms with van der Waals surface area (Å²) in [6.07, 6.45) is 0.996. The molecule has 0 unspecified atom stereocenters. The fraction of sp³-hybridized carbons (Fsp3) is 0.118. The van der Waals surface area contributed by atoms with Crippen molar-refractivity contribution in [2.45, 2.75) is 13.8 Å². The van der Waals surface area contributed by atoms with Crippen LogP contribution >= 0.6 is 7.92 Å². The molecule has 0 bridgehead atoms. The second-order valence-electron chi connectivity index (χ2n) is 9.46. The van der Waals surface area contributed by atoms with Crippen LogP contribution in [0.2, 0.25) is 0 Å². The maximum absolute atomic E-state index is 5.29. The van der Waals surface area contributed by atoms with Crippen molar-refractivity contribution in [2.75, 3.05) is 12.7 Å². The van der Waals surface area contributed by atoms with Gasteiger partial charge in [0.1, 0.15) is 0 Å². The Balaban J connectivity index is 1.43. The molecule has 0 heterocycles. The molecule has 3 heteroatoms. The van der Waals surface area contributed by atoms with Gasteiger partial charge in [-0.15, -0.1) is 0 Å². The predicted octanol–water partition coefficient (Wildman–Crippen LogP) is 7.51. The van der Waals surface area contributed by atoms with Crippen molar-refractivity contribution in [3.8, 4) is 0 Å². The van der Waals surface area contributed by atoms with E-state index in [1.165, 1.54) is 43.6 Å². The predicted molar refractivity (Wildman–Crippen MR) is 161 cm³/mol. The van der Waals surface area contributed by atoms with Crippen LogP contribution < -0.4 is 10.6 Å². The molecule has 1 aliphatic rings. The highest BCUT2D eigenvalue weighted by Gasteiger charge is 2.27. The number of rotatable bonds is 6. The Kier molecular flexibility index (Phi) is 6.51. The van der Waals surface area contributed by atoms with Crippen molar-refractivity contribution >= 4 is 46.4 Å². The maximum Gasteiger partial charge on any atom is 0.0974 e. The number of aryl methyl sites for hydroxylation is 2. The highest BCUT2D eigenvalue weighted by atomic mass is 31.1. The van der Waals surface area contributed by atoms with Gasteiger partial charge in [0.2, 0.25) is 0 Å². The smallest absolute Gasteiger partial charge is 0.0974 e.